The first-order valence-corrected chi connectivity index (χ1v) is 8.03. The summed E-state index contributed by atoms with van der Waals surface area (Å²) >= 11 is 9.42. The van der Waals surface area contributed by atoms with Crippen LogP contribution < -0.4 is 9.47 Å². The lowest BCUT2D eigenvalue weighted by atomic mass is 10.2. The van der Waals surface area contributed by atoms with Crippen LogP contribution in [0.15, 0.2) is 36.4 Å². The molecule has 0 saturated carbocycles. The molecule has 0 radical (unpaired) electrons. The Balaban J connectivity index is 2.27. The number of hydrogen-bond donors (Lipinski definition) is 0. The molecule has 0 amide bonds. The number of alkyl halides is 1. The van der Waals surface area contributed by atoms with E-state index in [1.807, 2.05) is 25.1 Å². The first kappa shape index (κ1) is 16.1. The maximum Gasteiger partial charge on any atom is 0.165 e. The molecule has 0 heterocycles. The molecule has 0 atom stereocenters. The number of halogens is 3. The Morgan fingerprint density at radius 2 is 1.90 bits per heavy atom. The largest absolute Gasteiger partial charge is 0.490 e. The topological polar surface area (TPSA) is 18.5 Å². The SMILES string of the molecule is CCOc1cccc(CBr)c1OCc1c(F)cccc1Cl. The third-order valence-electron chi connectivity index (χ3n) is 2.93. The van der Waals surface area contributed by atoms with Gasteiger partial charge in [-0.3, -0.25) is 0 Å². The third-order valence-corrected chi connectivity index (χ3v) is 3.89. The van der Waals surface area contributed by atoms with Gasteiger partial charge in [0.1, 0.15) is 12.4 Å². The molecule has 0 N–H and O–H groups in total. The fourth-order valence-electron chi connectivity index (χ4n) is 1.91. The Morgan fingerprint density at radius 1 is 1.14 bits per heavy atom. The Hall–Kier alpha value is -1.26. The Morgan fingerprint density at radius 3 is 2.57 bits per heavy atom. The van der Waals surface area contributed by atoms with E-state index in [0.29, 0.717) is 34.0 Å². The minimum Gasteiger partial charge on any atom is -0.490 e. The second kappa shape index (κ2) is 7.66. The smallest absolute Gasteiger partial charge is 0.165 e. The summed E-state index contributed by atoms with van der Waals surface area (Å²) in [6, 6.07) is 10.2. The van der Waals surface area contributed by atoms with Crippen molar-refractivity contribution in [3.63, 3.8) is 0 Å². The Bertz CT molecular complexity index is 599. The maximum absolute atomic E-state index is 13.8. The number of para-hydroxylation sites is 1. The first-order valence-electron chi connectivity index (χ1n) is 6.53. The van der Waals surface area contributed by atoms with Gasteiger partial charge in [-0.15, -0.1) is 0 Å². The molecule has 5 heteroatoms. The summed E-state index contributed by atoms with van der Waals surface area (Å²) in [6.07, 6.45) is 0. The minimum absolute atomic E-state index is 0.0512. The predicted molar refractivity (Wildman–Crippen MR) is 86.0 cm³/mol. The molecular weight excluding hydrogens is 359 g/mol. The lowest BCUT2D eigenvalue weighted by Gasteiger charge is -2.15. The van der Waals surface area contributed by atoms with Crippen molar-refractivity contribution in [2.24, 2.45) is 0 Å². The van der Waals surface area contributed by atoms with Gasteiger partial charge in [-0.25, -0.2) is 4.39 Å². The molecular formula is C16H15BrClFO2. The van der Waals surface area contributed by atoms with Crippen molar-refractivity contribution in [1.29, 1.82) is 0 Å². The van der Waals surface area contributed by atoms with Crippen molar-refractivity contribution in [3.05, 3.63) is 58.4 Å². The number of hydrogen-bond acceptors (Lipinski definition) is 2. The van der Waals surface area contributed by atoms with Crippen LogP contribution in [0, 0.1) is 5.82 Å². The maximum atomic E-state index is 13.8. The van der Waals surface area contributed by atoms with E-state index in [9.17, 15) is 4.39 Å². The Labute approximate surface area is 137 Å². The van der Waals surface area contributed by atoms with Gasteiger partial charge in [0.2, 0.25) is 0 Å². The minimum atomic E-state index is -0.378. The molecule has 0 aliphatic heterocycles. The summed E-state index contributed by atoms with van der Waals surface area (Å²) in [5, 5.41) is 0.970. The zero-order valence-electron chi connectivity index (χ0n) is 11.5. The second-order valence-corrected chi connectivity index (χ2v) is 5.27. The Kier molecular flexibility index (Phi) is 5.88. The average molecular weight is 374 g/mol. The van der Waals surface area contributed by atoms with E-state index < -0.39 is 0 Å². The summed E-state index contributed by atoms with van der Waals surface area (Å²) in [5.41, 5.74) is 1.28. The molecule has 0 spiro atoms. The van der Waals surface area contributed by atoms with Crippen LogP contribution in [-0.2, 0) is 11.9 Å². The number of rotatable bonds is 6. The average Bonchev–Trinajstić information content (AvgIpc) is 2.48. The highest BCUT2D eigenvalue weighted by Gasteiger charge is 2.13. The molecule has 21 heavy (non-hydrogen) atoms. The monoisotopic (exact) mass is 372 g/mol. The van der Waals surface area contributed by atoms with E-state index >= 15 is 0 Å². The molecule has 2 aromatic carbocycles. The number of ether oxygens (including phenoxy) is 2. The molecule has 0 bridgehead atoms. The molecule has 2 nitrogen and oxygen atoms in total. The zero-order chi connectivity index (χ0) is 15.2. The molecule has 0 aliphatic carbocycles. The molecule has 112 valence electrons. The summed E-state index contributed by atoms with van der Waals surface area (Å²) in [6.45, 7) is 2.48. The van der Waals surface area contributed by atoms with Crippen LogP contribution in [0.3, 0.4) is 0 Å². The van der Waals surface area contributed by atoms with Crippen molar-refractivity contribution < 1.29 is 13.9 Å². The molecule has 2 rings (SSSR count). The van der Waals surface area contributed by atoms with Crippen LogP contribution >= 0.6 is 27.5 Å². The lowest BCUT2D eigenvalue weighted by Crippen LogP contribution is -2.04. The van der Waals surface area contributed by atoms with Crippen molar-refractivity contribution >= 4 is 27.5 Å². The highest BCUT2D eigenvalue weighted by molar-refractivity contribution is 9.08. The molecule has 0 aromatic heterocycles. The zero-order valence-corrected chi connectivity index (χ0v) is 13.9. The molecule has 0 aliphatic rings. The van der Waals surface area contributed by atoms with E-state index in [-0.39, 0.29) is 12.4 Å². The number of benzene rings is 2. The van der Waals surface area contributed by atoms with Crippen LogP contribution in [0.25, 0.3) is 0 Å². The quantitative estimate of drug-likeness (QED) is 0.635. The van der Waals surface area contributed by atoms with Crippen LogP contribution in [-0.4, -0.2) is 6.61 Å². The van der Waals surface area contributed by atoms with Gasteiger partial charge in [-0.1, -0.05) is 45.7 Å². The van der Waals surface area contributed by atoms with Gasteiger partial charge in [0.15, 0.2) is 11.5 Å². The van der Waals surface area contributed by atoms with E-state index in [4.69, 9.17) is 21.1 Å². The van der Waals surface area contributed by atoms with Crippen LogP contribution in [0.2, 0.25) is 5.02 Å². The summed E-state index contributed by atoms with van der Waals surface area (Å²) in [4.78, 5) is 0. The van der Waals surface area contributed by atoms with Crippen molar-refractivity contribution in [2.75, 3.05) is 6.61 Å². The fourth-order valence-corrected chi connectivity index (χ4v) is 2.57. The fraction of sp³-hybridized carbons (Fsp3) is 0.250. The summed E-state index contributed by atoms with van der Waals surface area (Å²) < 4.78 is 25.1. The lowest BCUT2D eigenvalue weighted by molar-refractivity contribution is 0.264. The second-order valence-electron chi connectivity index (χ2n) is 4.30. The van der Waals surface area contributed by atoms with E-state index in [0.717, 1.165) is 5.56 Å². The summed E-state index contributed by atoms with van der Waals surface area (Å²) in [5.74, 6) is 0.870. The van der Waals surface area contributed by atoms with Gasteiger partial charge in [0.25, 0.3) is 0 Å². The van der Waals surface area contributed by atoms with Gasteiger partial charge in [0, 0.05) is 16.5 Å². The van der Waals surface area contributed by atoms with Gasteiger partial charge in [-0.05, 0) is 25.1 Å². The van der Waals surface area contributed by atoms with E-state index in [1.165, 1.54) is 6.07 Å². The van der Waals surface area contributed by atoms with Gasteiger partial charge in [-0.2, -0.15) is 0 Å². The van der Waals surface area contributed by atoms with Gasteiger partial charge in [0.05, 0.1) is 11.6 Å². The normalized spacial score (nSPS) is 10.5. The first-order chi connectivity index (χ1) is 10.2. The predicted octanol–water partition coefficient (Wildman–Crippen LogP) is 5.35. The van der Waals surface area contributed by atoms with Crippen LogP contribution in [0.1, 0.15) is 18.1 Å². The molecule has 0 saturated heterocycles. The highest BCUT2D eigenvalue weighted by Crippen LogP contribution is 2.34. The van der Waals surface area contributed by atoms with Gasteiger partial charge >= 0.3 is 0 Å². The third kappa shape index (κ3) is 3.89. The van der Waals surface area contributed by atoms with Crippen molar-refractivity contribution in [2.45, 2.75) is 18.9 Å². The van der Waals surface area contributed by atoms with Crippen LogP contribution in [0.5, 0.6) is 11.5 Å². The highest BCUT2D eigenvalue weighted by atomic mass is 79.9. The van der Waals surface area contributed by atoms with Crippen molar-refractivity contribution in [3.8, 4) is 11.5 Å². The molecule has 2 aromatic rings. The summed E-state index contributed by atoms with van der Waals surface area (Å²) in [7, 11) is 0. The molecule has 0 fully saturated rings. The standard InChI is InChI=1S/C16H15BrClFO2/c1-2-20-15-8-3-5-11(9-17)16(15)21-10-12-13(18)6-4-7-14(12)19/h3-8H,2,9-10H2,1H3. The van der Waals surface area contributed by atoms with Crippen molar-refractivity contribution in [1.82, 2.24) is 0 Å². The van der Waals surface area contributed by atoms with Crippen LogP contribution in [0.4, 0.5) is 4.39 Å². The molecule has 0 unspecified atom stereocenters. The van der Waals surface area contributed by atoms with Gasteiger partial charge < -0.3 is 9.47 Å². The van der Waals surface area contributed by atoms with E-state index in [1.54, 1.807) is 12.1 Å². The van der Waals surface area contributed by atoms with E-state index in [2.05, 4.69) is 15.9 Å².